The number of piperidine rings is 1. The van der Waals surface area contributed by atoms with Crippen molar-refractivity contribution in [3.05, 3.63) is 11.9 Å². The van der Waals surface area contributed by atoms with E-state index >= 15 is 0 Å². The van der Waals surface area contributed by atoms with E-state index in [4.69, 9.17) is 5.73 Å². The number of aryl methyl sites for hydroxylation is 1. The van der Waals surface area contributed by atoms with Crippen LogP contribution >= 0.6 is 0 Å². The van der Waals surface area contributed by atoms with E-state index < -0.39 is 0 Å². The Morgan fingerprint density at radius 3 is 2.71 bits per heavy atom. The standard InChI is InChI=1S/C13H22N4/c1-3-4-12-15-11(14)9-13(16-12)17-7-5-10(2)6-8-17/h9-10H,3-8H2,1-2H3,(H2,14,15,16). The van der Waals surface area contributed by atoms with Crippen LogP contribution in [0.5, 0.6) is 0 Å². The molecule has 0 unspecified atom stereocenters. The van der Waals surface area contributed by atoms with Gasteiger partial charge in [0.05, 0.1) is 0 Å². The Hall–Kier alpha value is -1.32. The first-order valence-corrected chi connectivity index (χ1v) is 6.57. The number of rotatable bonds is 3. The zero-order chi connectivity index (χ0) is 12.3. The lowest BCUT2D eigenvalue weighted by atomic mass is 9.99. The highest BCUT2D eigenvalue weighted by Crippen LogP contribution is 2.22. The fourth-order valence-corrected chi connectivity index (χ4v) is 2.24. The molecule has 0 spiro atoms. The summed E-state index contributed by atoms with van der Waals surface area (Å²) in [6.45, 7) is 6.62. The first-order valence-electron chi connectivity index (χ1n) is 6.57. The molecule has 4 nitrogen and oxygen atoms in total. The molecule has 1 fully saturated rings. The average molecular weight is 234 g/mol. The third-order valence-electron chi connectivity index (χ3n) is 3.36. The van der Waals surface area contributed by atoms with Crippen molar-refractivity contribution in [2.45, 2.75) is 39.5 Å². The summed E-state index contributed by atoms with van der Waals surface area (Å²) >= 11 is 0. The van der Waals surface area contributed by atoms with Crippen LogP contribution in [0.2, 0.25) is 0 Å². The molecule has 0 aromatic carbocycles. The van der Waals surface area contributed by atoms with Crippen molar-refractivity contribution < 1.29 is 0 Å². The maximum absolute atomic E-state index is 5.85. The number of nitrogens with zero attached hydrogens (tertiary/aromatic N) is 3. The SMILES string of the molecule is CCCc1nc(N)cc(N2CCC(C)CC2)n1. The van der Waals surface area contributed by atoms with Gasteiger partial charge in [-0.25, -0.2) is 9.97 Å². The number of nitrogens with two attached hydrogens (primary N) is 1. The van der Waals surface area contributed by atoms with E-state index in [-0.39, 0.29) is 0 Å². The van der Waals surface area contributed by atoms with Gasteiger partial charge in [0.15, 0.2) is 0 Å². The van der Waals surface area contributed by atoms with Crippen LogP contribution < -0.4 is 10.6 Å². The van der Waals surface area contributed by atoms with Crippen molar-refractivity contribution in [1.82, 2.24) is 9.97 Å². The van der Waals surface area contributed by atoms with Crippen molar-refractivity contribution >= 4 is 11.6 Å². The van der Waals surface area contributed by atoms with E-state index in [1.165, 1.54) is 12.8 Å². The molecule has 0 atom stereocenters. The molecule has 1 aliphatic rings. The lowest BCUT2D eigenvalue weighted by molar-refractivity contribution is 0.436. The van der Waals surface area contributed by atoms with Crippen molar-refractivity contribution in [3.8, 4) is 0 Å². The third-order valence-corrected chi connectivity index (χ3v) is 3.36. The zero-order valence-corrected chi connectivity index (χ0v) is 10.8. The van der Waals surface area contributed by atoms with Crippen LogP contribution in [0.3, 0.4) is 0 Å². The molecule has 2 heterocycles. The second kappa shape index (κ2) is 5.34. The van der Waals surface area contributed by atoms with Crippen molar-refractivity contribution in [1.29, 1.82) is 0 Å². The van der Waals surface area contributed by atoms with Gasteiger partial charge >= 0.3 is 0 Å². The Balaban J connectivity index is 2.14. The second-order valence-electron chi connectivity index (χ2n) is 4.99. The maximum atomic E-state index is 5.85. The first-order chi connectivity index (χ1) is 8.19. The van der Waals surface area contributed by atoms with Gasteiger partial charge in [-0.3, -0.25) is 0 Å². The summed E-state index contributed by atoms with van der Waals surface area (Å²) in [5.74, 6) is 3.31. The molecule has 1 aromatic heterocycles. The fraction of sp³-hybridized carbons (Fsp3) is 0.692. The molecule has 0 aliphatic carbocycles. The highest BCUT2D eigenvalue weighted by atomic mass is 15.2. The van der Waals surface area contributed by atoms with E-state index in [1.807, 2.05) is 6.07 Å². The molecule has 2 rings (SSSR count). The Kier molecular flexibility index (Phi) is 3.82. The maximum Gasteiger partial charge on any atom is 0.134 e. The van der Waals surface area contributed by atoms with Gasteiger partial charge in [-0.15, -0.1) is 0 Å². The van der Waals surface area contributed by atoms with Crippen LogP contribution in [0.4, 0.5) is 11.6 Å². The van der Waals surface area contributed by atoms with Crippen molar-refractivity contribution in [2.75, 3.05) is 23.7 Å². The van der Waals surface area contributed by atoms with Crippen LogP contribution in [-0.4, -0.2) is 23.1 Å². The zero-order valence-electron chi connectivity index (χ0n) is 10.8. The van der Waals surface area contributed by atoms with Crippen LogP contribution in [-0.2, 0) is 6.42 Å². The average Bonchev–Trinajstić information content (AvgIpc) is 2.29. The minimum atomic E-state index is 0.595. The molecule has 1 aromatic rings. The monoisotopic (exact) mass is 234 g/mol. The summed E-state index contributed by atoms with van der Waals surface area (Å²) in [4.78, 5) is 11.2. The van der Waals surface area contributed by atoms with E-state index in [2.05, 4.69) is 28.7 Å². The Morgan fingerprint density at radius 1 is 1.35 bits per heavy atom. The number of hydrogen-bond donors (Lipinski definition) is 1. The summed E-state index contributed by atoms with van der Waals surface area (Å²) in [6, 6.07) is 1.90. The van der Waals surface area contributed by atoms with Crippen LogP contribution in [0.1, 0.15) is 38.9 Å². The molecule has 17 heavy (non-hydrogen) atoms. The highest BCUT2D eigenvalue weighted by molar-refractivity contribution is 5.47. The van der Waals surface area contributed by atoms with Gasteiger partial charge in [0.1, 0.15) is 17.5 Å². The largest absolute Gasteiger partial charge is 0.384 e. The molecule has 1 aliphatic heterocycles. The van der Waals surface area contributed by atoms with E-state index in [9.17, 15) is 0 Å². The lowest BCUT2D eigenvalue weighted by Gasteiger charge is -2.31. The molecule has 0 radical (unpaired) electrons. The molecule has 2 N–H and O–H groups in total. The van der Waals surface area contributed by atoms with Gasteiger partial charge in [-0.1, -0.05) is 13.8 Å². The summed E-state index contributed by atoms with van der Waals surface area (Å²) in [5.41, 5.74) is 5.85. The fourth-order valence-electron chi connectivity index (χ4n) is 2.24. The molecular weight excluding hydrogens is 212 g/mol. The molecule has 0 bridgehead atoms. The second-order valence-corrected chi connectivity index (χ2v) is 4.99. The minimum Gasteiger partial charge on any atom is -0.384 e. The van der Waals surface area contributed by atoms with E-state index in [0.717, 1.165) is 43.5 Å². The van der Waals surface area contributed by atoms with Gasteiger partial charge in [0.25, 0.3) is 0 Å². The van der Waals surface area contributed by atoms with Crippen LogP contribution in [0.15, 0.2) is 6.07 Å². The van der Waals surface area contributed by atoms with Crippen LogP contribution in [0, 0.1) is 5.92 Å². The van der Waals surface area contributed by atoms with Gasteiger partial charge in [-0.05, 0) is 25.2 Å². The smallest absolute Gasteiger partial charge is 0.134 e. The first kappa shape index (κ1) is 12.1. The summed E-state index contributed by atoms with van der Waals surface area (Å²) in [6.07, 6.45) is 4.45. The number of nitrogen functional groups attached to an aromatic ring is 1. The van der Waals surface area contributed by atoms with Gasteiger partial charge < -0.3 is 10.6 Å². The summed E-state index contributed by atoms with van der Waals surface area (Å²) in [7, 11) is 0. The Morgan fingerprint density at radius 2 is 2.06 bits per heavy atom. The van der Waals surface area contributed by atoms with Crippen LogP contribution in [0.25, 0.3) is 0 Å². The number of hydrogen-bond acceptors (Lipinski definition) is 4. The van der Waals surface area contributed by atoms with E-state index in [0.29, 0.717) is 5.82 Å². The number of anilines is 2. The van der Waals surface area contributed by atoms with Crippen molar-refractivity contribution in [2.24, 2.45) is 5.92 Å². The minimum absolute atomic E-state index is 0.595. The molecule has 0 saturated carbocycles. The number of aromatic nitrogens is 2. The highest BCUT2D eigenvalue weighted by Gasteiger charge is 2.17. The molecular formula is C13H22N4. The summed E-state index contributed by atoms with van der Waals surface area (Å²) < 4.78 is 0. The Labute approximate surface area is 103 Å². The normalized spacial score (nSPS) is 17.4. The van der Waals surface area contributed by atoms with Crippen molar-refractivity contribution in [3.63, 3.8) is 0 Å². The summed E-state index contributed by atoms with van der Waals surface area (Å²) in [5, 5.41) is 0. The topological polar surface area (TPSA) is 55.0 Å². The Bertz CT molecular complexity index is 370. The van der Waals surface area contributed by atoms with E-state index in [1.54, 1.807) is 0 Å². The molecule has 1 saturated heterocycles. The quantitative estimate of drug-likeness (QED) is 0.871. The predicted octanol–water partition coefficient (Wildman–Crippen LogP) is 2.25. The molecule has 94 valence electrons. The molecule has 4 heteroatoms. The van der Waals surface area contributed by atoms with Gasteiger partial charge in [0, 0.05) is 25.6 Å². The predicted molar refractivity (Wildman–Crippen MR) is 71.1 cm³/mol. The lowest BCUT2D eigenvalue weighted by Crippen LogP contribution is -2.33. The molecule has 0 amide bonds. The third kappa shape index (κ3) is 3.08. The van der Waals surface area contributed by atoms with Gasteiger partial charge in [-0.2, -0.15) is 0 Å². The van der Waals surface area contributed by atoms with Gasteiger partial charge in [0.2, 0.25) is 0 Å².